The second kappa shape index (κ2) is 5.89. The van der Waals surface area contributed by atoms with Crippen LogP contribution in [-0.2, 0) is 9.59 Å². The highest BCUT2D eigenvalue weighted by molar-refractivity contribution is 6.31. The van der Waals surface area contributed by atoms with Crippen molar-refractivity contribution in [2.24, 2.45) is 0 Å². The van der Waals surface area contributed by atoms with E-state index in [0.29, 0.717) is 5.69 Å². The van der Waals surface area contributed by atoms with Crippen molar-refractivity contribution < 1.29 is 19.5 Å². The molecule has 0 saturated carbocycles. The monoisotopic (exact) mass is 297 g/mol. The van der Waals surface area contributed by atoms with Crippen LogP contribution in [0.4, 0.5) is 5.69 Å². The van der Waals surface area contributed by atoms with Crippen molar-refractivity contribution in [1.29, 1.82) is 0 Å². The number of nitrogens with one attached hydrogen (secondary N) is 3. The third kappa shape index (κ3) is 3.46. The van der Waals surface area contributed by atoms with Gasteiger partial charge in [-0.25, -0.2) is 4.79 Å². The van der Waals surface area contributed by atoms with Crippen molar-refractivity contribution in [3.63, 3.8) is 0 Å². The van der Waals surface area contributed by atoms with Crippen LogP contribution in [0.25, 0.3) is 0 Å². The van der Waals surface area contributed by atoms with Crippen LogP contribution in [0, 0.1) is 0 Å². The fraction of sp³-hybridized carbons (Fsp3) is 0.250. The summed E-state index contributed by atoms with van der Waals surface area (Å²) in [6.07, 6.45) is 0. The third-order valence-electron chi connectivity index (χ3n) is 2.74. The molecule has 1 heterocycles. The Bertz CT molecular complexity index is 566. The van der Waals surface area contributed by atoms with E-state index in [2.05, 4.69) is 16.0 Å². The molecule has 1 unspecified atom stereocenters. The van der Waals surface area contributed by atoms with Crippen molar-refractivity contribution in [1.82, 2.24) is 10.6 Å². The zero-order valence-corrected chi connectivity index (χ0v) is 11.0. The zero-order chi connectivity index (χ0) is 14.7. The molecule has 8 heteroatoms. The van der Waals surface area contributed by atoms with E-state index < -0.39 is 12.0 Å². The summed E-state index contributed by atoms with van der Waals surface area (Å²) < 4.78 is 0. The first-order valence-electron chi connectivity index (χ1n) is 5.80. The fourth-order valence-electron chi connectivity index (χ4n) is 1.77. The smallest absolute Gasteiger partial charge is 0.335 e. The highest BCUT2D eigenvalue weighted by Crippen LogP contribution is 2.19. The van der Waals surface area contributed by atoms with Crippen LogP contribution in [-0.4, -0.2) is 42.0 Å². The number of benzene rings is 1. The van der Waals surface area contributed by atoms with E-state index in [1.54, 1.807) is 0 Å². The number of piperazine rings is 1. The molecule has 1 aromatic carbocycles. The van der Waals surface area contributed by atoms with Gasteiger partial charge in [-0.05, 0) is 18.2 Å². The first-order chi connectivity index (χ1) is 9.45. The molecule has 1 saturated heterocycles. The second-order valence-corrected chi connectivity index (χ2v) is 4.70. The molecule has 1 fully saturated rings. The summed E-state index contributed by atoms with van der Waals surface area (Å²) >= 11 is 5.80. The number of amides is 2. The van der Waals surface area contributed by atoms with Gasteiger partial charge in [-0.3, -0.25) is 14.9 Å². The molecule has 1 aliphatic rings. The van der Waals surface area contributed by atoms with Crippen LogP contribution in [0.1, 0.15) is 10.4 Å². The molecule has 1 atom stereocenters. The molecule has 4 N–H and O–H groups in total. The summed E-state index contributed by atoms with van der Waals surface area (Å²) in [5.41, 5.74) is 0.274. The standard InChI is InChI=1S/C12H12ClN3O4/c13-7-1-6(12(19)20)2-8(3-7)16-11(18)9-4-15-10(17)5-14-9/h1-3,9,14H,4-5H2,(H,15,17)(H,16,18)(H,19,20). The van der Waals surface area contributed by atoms with E-state index >= 15 is 0 Å². The predicted molar refractivity (Wildman–Crippen MR) is 71.8 cm³/mol. The molecule has 0 aromatic heterocycles. The molecule has 1 aromatic rings. The maximum absolute atomic E-state index is 12.0. The largest absolute Gasteiger partial charge is 0.478 e. The summed E-state index contributed by atoms with van der Waals surface area (Å²) in [4.78, 5) is 33.8. The minimum absolute atomic E-state index is 0.0160. The average Bonchev–Trinajstić information content (AvgIpc) is 2.38. The lowest BCUT2D eigenvalue weighted by molar-refractivity contribution is -0.124. The Morgan fingerprint density at radius 3 is 2.70 bits per heavy atom. The molecule has 0 radical (unpaired) electrons. The lowest BCUT2D eigenvalue weighted by Crippen LogP contribution is -2.56. The van der Waals surface area contributed by atoms with Crippen molar-refractivity contribution in [2.45, 2.75) is 6.04 Å². The van der Waals surface area contributed by atoms with E-state index in [0.717, 1.165) is 0 Å². The molecule has 2 amide bonds. The van der Waals surface area contributed by atoms with Gasteiger partial charge in [0.2, 0.25) is 11.8 Å². The molecule has 2 rings (SSSR count). The highest BCUT2D eigenvalue weighted by Gasteiger charge is 2.23. The van der Waals surface area contributed by atoms with Gasteiger partial charge >= 0.3 is 5.97 Å². The predicted octanol–water partition coefficient (Wildman–Crippen LogP) is 0.0647. The summed E-state index contributed by atoms with van der Waals surface area (Å²) in [7, 11) is 0. The van der Waals surface area contributed by atoms with Crippen LogP contribution < -0.4 is 16.0 Å². The van der Waals surface area contributed by atoms with Crippen molar-refractivity contribution >= 4 is 35.1 Å². The number of hydrogen-bond acceptors (Lipinski definition) is 4. The average molecular weight is 298 g/mol. The molecule has 0 spiro atoms. The molecular weight excluding hydrogens is 286 g/mol. The number of halogens is 1. The first kappa shape index (κ1) is 14.3. The summed E-state index contributed by atoms with van der Waals surface area (Å²) in [6.45, 7) is 0.241. The molecule has 20 heavy (non-hydrogen) atoms. The van der Waals surface area contributed by atoms with Crippen molar-refractivity contribution in [3.8, 4) is 0 Å². The summed E-state index contributed by atoms with van der Waals surface area (Å²) in [5, 5.41) is 17.0. The van der Waals surface area contributed by atoms with Crippen LogP contribution in [0.3, 0.4) is 0 Å². The number of anilines is 1. The van der Waals surface area contributed by atoms with Crippen LogP contribution in [0.15, 0.2) is 18.2 Å². The van der Waals surface area contributed by atoms with E-state index in [9.17, 15) is 14.4 Å². The summed E-state index contributed by atoms with van der Waals surface area (Å²) in [6, 6.07) is 3.49. The lowest BCUT2D eigenvalue weighted by atomic mass is 10.1. The minimum atomic E-state index is -1.13. The maximum Gasteiger partial charge on any atom is 0.335 e. The number of carbonyl (C=O) groups is 3. The van der Waals surface area contributed by atoms with E-state index in [1.165, 1.54) is 18.2 Å². The molecule has 106 valence electrons. The Morgan fingerprint density at radius 2 is 2.10 bits per heavy atom. The molecular formula is C12H12ClN3O4. The number of carboxylic acids is 1. The van der Waals surface area contributed by atoms with Gasteiger partial charge in [-0.2, -0.15) is 0 Å². The van der Waals surface area contributed by atoms with Gasteiger partial charge in [0.1, 0.15) is 6.04 Å². The van der Waals surface area contributed by atoms with Gasteiger partial charge in [0, 0.05) is 17.3 Å². The van der Waals surface area contributed by atoms with Crippen LogP contribution in [0.2, 0.25) is 5.02 Å². The number of hydrogen-bond donors (Lipinski definition) is 4. The Balaban J connectivity index is 2.07. The SMILES string of the molecule is O=C1CNC(C(=O)Nc2cc(Cl)cc(C(=O)O)c2)CN1. The summed E-state index contributed by atoms with van der Waals surface area (Å²) in [5.74, 6) is -1.68. The quantitative estimate of drug-likeness (QED) is 0.631. The fourth-order valence-corrected chi connectivity index (χ4v) is 2.00. The second-order valence-electron chi connectivity index (χ2n) is 4.26. The Kier molecular flexibility index (Phi) is 4.21. The van der Waals surface area contributed by atoms with Gasteiger partial charge in [0.05, 0.1) is 12.1 Å². The van der Waals surface area contributed by atoms with Crippen LogP contribution in [0.5, 0.6) is 0 Å². The van der Waals surface area contributed by atoms with Gasteiger partial charge in [-0.1, -0.05) is 11.6 Å². The van der Waals surface area contributed by atoms with E-state index in [-0.39, 0.29) is 35.5 Å². The first-order valence-corrected chi connectivity index (χ1v) is 6.18. The Labute approximate surface area is 119 Å². The number of aromatic carboxylic acids is 1. The molecule has 1 aliphatic heterocycles. The molecule has 7 nitrogen and oxygen atoms in total. The topological polar surface area (TPSA) is 108 Å². The number of rotatable bonds is 3. The van der Waals surface area contributed by atoms with Crippen molar-refractivity contribution in [2.75, 3.05) is 18.4 Å². The van der Waals surface area contributed by atoms with E-state index in [4.69, 9.17) is 16.7 Å². The van der Waals surface area contributed by atoms with Gasteiger partial charge in [-0.15, -0.1) is 0 Å². The molecule has 0 aliphatic carbocycles. The van der Waals surface area contributed by atoms with Gasteiger partial charge in [0.15, 0.2) is 0 Å². The van der Waals surface area contributed by atoms with Crippen LogP contribution >= 0.6 is 11.6 Å². The Hall–Kier alpha value is -2.12. The highest BCUT2D eigenvalue weighted by atomic mass is 35.5. The normalized spacial score (nSPS) is 18.2. The lowest BCUT2D eigenvalue weighted by Gasteiger charge is -2.23. The Morgan fingerprint density at radius 1 is 1.35 bits per heavy atom. The number of carbonyl (C=O) groups excluding carboxylic acids is 2. The number of carboxylic acid groups (broad SMARTS) is 1. The molecule has 0 bridgehead atoms. The van der Waals surface area contributed by atoms with Gasteiger partial charge in [0.25, 0.3) is 0 Å². The van der Waals surface area contributed by atoms with E-state index in [1.807, 2.05) is 0 Å². The van der Waals surface area contributed by atoms with Crippen molar-refractivity contribution in [3.05, 3.63) is 28.8 Å². The third-order valence-corrected chi connectivity index (χ3v) is 2.96. The zero-order valence-electron chi connectivity index (χ0n) is 10.3. The maximum atomic E-state index is 12.0. The minimum Gasteiger partial charge on any atom is -0.478 e. The van der Waals surface area contributed by atoms with Gasteiger partial charge < -0.3 is 15.7 Å².